The number of rotatable bonds is 6. The molecule has 0 aliphatic rings. The minimum Gasteiger partial charge on any atom is -0.350 e. The molecule has 17 heavy (non-hydrogen) atoms. The van der Waals surface area contributed by atoms with Gasteiger partial charge in [-0.15, -0.1) is 11.8 Å². The van der Waals surface area contributed by atoms with Crippen LogP contribution in [0.25, 0.3) is 0 Å². The summed E-state index contributed by atoms with van der Waals surface area (Å²) in [5.74, 6) is 0.0841. The third-order valence-electron chi connectivity index (χ3n) is 2.60. The highest BCUT2D eigenvalue weighted by Crippen LogP contribution is 2.18. The van der Waals surface area contributed by atoms with Crippen molar-refractivity contribution < 1.29 is 4.79 Å². The first-order valence-corrected chi connectivity index (χ1v) is 6.97. The smallest absolute Gasteiger partial charge is 0.221 e. The van der Waals surface area contributed by atoms with Crippen molar-refractivity contribution in [2.45, 2.75) is 24.3 Å². The molecule has 1 rings (SSSR count). The number of carbonyl (C=O) groups is 1. The van der Waals surface area contributed by atoms with Gasteiger partial charge in [0.1, 0.15) is 0 Å². The number of amides is 1. The minimum atomic E-state index is 0.0651. The van der Waals surface area contributed by atoms with Crippen molar-refractivity contribution in [3.05, 3.63) is 29.8 Å². The summed E-state index contributed by atoms with van der Waals surface area (Å²) in [6.07, 6.45) is 2.57. The van der Waals surface area contributed by atoms with Gasteiger partial charge in [-0.3, -0.25) is 4.79 Å². The lowest BCUT2D eigenvalue weighted by atomic mass is 10.1. The van der Waals surface area contributed by atoms with Gasteiger partial charge < -0.3 is 10.6 Å². The van der Waals surface area contributed by atoms with Gasteiger partial charge in [0.05, 0.1) is 6.04 Å². The Bertz CT molecular complexity index is 351. The van der Waals surface area contributed by atoms with Crippen LogP contribution in [0.1, 0.15) is 24.9 Å². The molecular weight excluding hydrogens is 232 g/mol. The van der Waals surface area contributed by atoms with Crippen molar-refractivity contribution in [2.75, 3.05) is 19.8 Å². The van der Waals surface area contributed by atoms with E-state index in [9.17, 15) is 4.79 Å². The Morgan fingerprint density at radius 2 is 2.00 bits per heavy atom. The Hall–Kier alpha value is -1.00. The van der Waals surface area contributed by atoms with Crippen molar-refractivity contribution in [1.82, 2.24) is 10.6 Å². The van der Waals surface area contributed by atoms with Crippen LogP contribution < -0.4 is 10.6 Å². The van der Waals surface area contributed by atoms with E-state index in [1.807, 2.05) is 14.0 Å². The lowest BCUT2D eigenvalue weighted by Gasteiger charge is -2.14. The Labute approximate surface area is 107 Å². The lowest BCUT2D eigenvalue weighted by Crippen LogP contribution is -2.28. The summed E-state index contributed by atoms with van der Waals surface area (Å²) in [7, 11) is 1.85. The molecular formula is C13H20N2OS. The normalized spacial score (nSPS) is 12.2. The molecule has 0 saturated carbocycles. The molecule has 94 valence electrons. The van der Waals surface area contributed by atoms with Gasteiger partial charge in [-0.05, 0) is 37.9 Å². The first-order valence-electron chi connectivity index (χ1n) is 5.75. The molecule has 0 bridgehead atoms. The van der Waals surface area contributed by atoms with Gasteiger partial charge in [0, 0.05) is 17.9 Å². The molecule has 2 N–H and O–H groups in total. The van der Waals surface area contributed by atoms with E-state index in [2.05, 4.69) is 41.2 Å². The summed E-state index contributed by atoms with van der Waals surface area (Å²) in [5, 5.41) is 5.95. The van der Waals surface area contributed by atoms with Crippen LogP contribution in [0.3, 0.4) is 0 Å². The van der Waals surface area contributed by atoms with Crippen LogP contribution in [0.15, 0.2) is 29.2 Å². The second kappa shape index (κ2) is 7.35. The molecule has 1 unspecified atom stereocenters. The van der Waals surface area contributed by atoms with E-state index in [4.69, 9.17) is 0 Å². The molecule has 0 saturated heterocycles. The largest absolute Gasteiger partial charge is 0.350 e. The topological polar surface area (TPSA) is 41.1 Å². The van der Waals surface area contributed by atoms with Crippen LogP contribution in [0.4, 0.5) is 0 Å². The van der Waals surface area contributed by atoms with Crippen molar-refractivity contribution in [3.8, 4) is 0 Å². The summed E-state index contributed by atoms with van der Waals surface area (Å²) in [5.41, 5.74) is 1.14. The number of hydrogen-bond acceptors (Lipinski definition) is 3. The molecule has 0 fully saturated rings. The van der Waals surface area contributed by atoms with Gasteiger partial charge in [-0.25, -0.2) is 0 Å². The molecule has 1 aromatic carbocycles. The van der Waals surface area contributed by atoms with Crippen LogP contribution in [0, 0.1) is 0 Å². The van der Waals surface area contributed by atoms with E-state index >= 15 is 0 Å². The molecule has 1 amide bonds. The van der Waals surface area contributed by atoms with Gasteiger partial charge in [-0.2, -0.15) is 0 Å². The van der Waals surface area contributed by atoms with Crippen molar-refractivity contribution in [1.29, 1.82) is 0 Å². The first kappa shape index (κ1) is 14.1. The zero-order chi connectivity index (χ0) is 12.7. The van der Waals surface area contributed by atoms with Crippen molar-refractivity contribution >= 4 is 17.7 Å². The standard InChI is InChI=1S/C13H20N2OS/c1-10(15-13(16)8-9-14-2)11-4-6-12(17-3)7-5-11/h4-7,10,14H,8-9H2,1-3H3,(H,15,16). The number of thioether (sulfide) groups is 1. The highest BCUT2D eigenvalue weighted by Gasteiger charge is 2.08. The van der Waals surface area contributed by atoms with Crippen molar-refractivity contribution in [2.24, 2.45) is 0 Å². The lowest BCUT2D eigenvalue weighted by molar-refractivity contribution is -0.121. The zero-order valence-electron chi connectivity index (χ0n) is 10.6. The average Bonchev–Trinajstić information content (AvgIpc) is 2.36. The summed E-state index contributed by atoms with van der Waals surface area (Å²) in [6, 6.07) is 8.35. The molecule has 1 aromatic rings. The zero-order valence-corrected chi connectivity index (χ0v) is 11.4. The van der Waals surface area contributed by atoms with Gasteiger partial charge in [0.2, 0.25) is 5.91 Å². The molecule has 0 aromatic heterocycles. The number of hydrogen-bond donors (Lipinski definition) is 2. The third kappa shape index (κ3) is 4.79. The molecule has 0 radical (unpaired) electrons. The molecule has 1 atom stereocenters. The van der Waals surface area contributed by atoms with E-state index in [0.717, 1.165) is 5.56 Å². The third-order valence-corrected chi connectivity index (χ3v) is 3.34. The maximum atomic E-state index is 11.6. The predicted octanol–water partition coefficient (Wildman–Crippen LogP) is 2.20. The highest BCUT2D eigenvalue weighted by molar-refractivity contribution is 7.98. The average molecular weight is 252 g/mol. The number of benzene rings is 1. The Morgan fingerprint density at radius 3 is 2.53 bits per heavy atom. The Morgan fingerprint density at radius 1 is 1.35 bits per heavy atom. The van der Waals surface area contributed by atoms with E-state index in [-0.39, 0.29) is 11.9 Å². The number of nitrogens with one attached hydrogen (secondary N) is 2. The van der Waals surface area contributed by atoms with Crippen LogP contribution in [0.2, 0.25) is 0 Å². The molecule has 0 aliphatic heterocycles. The van der Waals surface area contributed by atoms with Crippen molar-refractivity contribution in [3.63, 3.8) is 0 Å². The van der Waals surface area contributed by atoms with Gasteiger partial charge in [0.25, 0.3) is 0 Å². The minimum absolute atomic E-state index is 0.0651. The summed E-state index contributed by atoms with van der Waals surface area (Å²) in [4.78, 5) is 12.8. The molecule has 0 spiro atoms. The van der Waals surface area contributed by atoms with Gasteiger partial charge >= 0.3 is 0 Å². The van der Waals surface area contributed by atoms with E-state index < -0.39 is 0 Å². The Balaban J connectivity index is 2.51. The van der Waals surface area contributed by atoms with Crippen LogP contribution in [-0.2, 0) is 4.79 Å². The molecule has 4 heteroatoms. The Kier molecular flexibility index (Phi) is 6.08. The number of carbonyl (C=O) groups excluding carboxylic acids is 1. The summed E-state index contributed by atoms with van der Waals surface area (Å²) >= 11 is 1.72. The maximum Gasteiger partial charge on any atom is 0.221 e. The molecule has 0 aliphatic carbocycles. The van der Waals surface area contributed by atoms with E-state index in [1.165, 1.54) is 4.90 Å². The highest BCUT2D eigenvalue weighted by atomic mass is 32.2. The first-order chi connectivity index (χ1) is 8.17. The van der Waals surface area contributed by atoms with Gasteiger partial charge in [0.15, 0.2) is 0 Å². The summed E-state index contributed by atoms with van der Waals surface area (Å²) in [6.45, 7) is 2.72. The van der Waals surface area contributed by atoms with Crippen LogP contribution in [0.5, 0.6) is 0 Å². The summed E-state index contributed by atoms with van der Waals surface area (Å²) < 4.78 is 0. The van der Waals surface area contributed by atoms with Gasteiger partial charge in [-0.1, -0.05) is 12.1 Å². The second-order valence-corrected chi connectivity index (χ2v) is 4.80. The predicted molar refractivity (Wildman–Crippen MR) is 73.3 cm³/mol. The second-order valence-electron chi connectivity index (χ2n) is 3.92. The van der Waals surface area contributed by atoms with Crippen LogP contribution >= 0.6 is 11.8 Å². The molecule has 0 heterocycles. The monoisotopic (exact) mass is 252 g/mol. The quantitative estimate of drug-likeness (QED) is 0.763. The fraction of sp³-hybridized carbons (Fsp3) is 0.462. The maximum absolute atomic E-state index is 11.6. The van der Waals surface area contributed by atoms with Crippen LogP contribution in [-0.4, -0.2) is 25.8 Å². The van der Waals surface area contributed by atoms with E-state index in [0.29, 0.717) is 13.0 Å². The van der Waals surface area contributed by atoms with E-state index in [1.54, 1.807) is 11.8 Å². The molecule has 3 nitrogen and oxygen atoms in total. The fourth-order valence-electron chi connectivity index (χ4n) is 1.53. The fourth-order valence-corrected chi connectivity index (χ4v) is 1.94. The SMILES string of the molecule is CNCCC(=O)NC(C)c1ccc(SC)cc1.